The van der Waals surface area contributed by atoms with Gasteiger partial charge < -0.3 is 5.73 Å². The number of aromatic nitrogens is 1. The van der Waals surface area contributed by atoms with Crippen molar-refractivity contribution < 1.29 is 9.59 Å². The number of hydrogen-bond donors (Lipinski definition) is 1. The third kappa shape index (κ3) is 3.47. The van der Waals surface area contributed by atoms with Crippen LogP contribution < -0.4 is 5.73 Å². The van der Waals surface area contributed by atoms with Gasteiger partial charge in [-0.2, -0.15) is 0 Å². The molecule has 0 radical (unpaired) electrons. The Bertz CT molecular complexity index is 969. The zero-order chi connectivity index (χ0) is 18.7. The van der Waals surface area contributed by atoms with E-state index in [0.29, 0.717) is 38.1 Å². The molecule has 2 aromatic carbocycles. The lowest BCUT2D eigenvalue weighted by Crippen LogP contribution is -2.24. The summed E-state index contributed by atoms with van der Waals surface area (Å²) in [4.78, 5) is 28.0. The van der Waals surface area contributed by atoms with Crippen LogP contribution in [-0.2, 0) is 4.79 Å². The lowest BCUT2D eigenvalue weighted by molar-refractivity contribution is -0.118. The molecule has 1 atom stereocenters. The Hall–Kier alpha value is -2.69. The number of hydrogen-bond acceptors (Lipinski definition) is 3. The molecule has 0 aliphatic heterocycles. The number of aldehydes is 1. The maximum absolute atomic E-state index is 12.2. The Morgan fingerprint density at radius 2 is 1.62 bits per heavy atom. The number of nitrogens with two attached hydrogens (primary N) is 1. The molecule has 0 aliphatic carbocycles. The number of primary amides is 1. The highest BCUT2D eigenvalue weighted by molar-refractivity contribution is 6.36. The molecule has 3 rings (SSSR count). The molecule has 0 fully saturated rings. The van der Waals surface area contributed by atoms with Gasteiger partial charge in [0.15, 0.2) is 6.29 Å². The van der Waals surface area contributed by atoms with Gasteiger partial charge in [-0.1, -0.05) is 59.6 Å². The van der Waals surface area contributed by atoms with Crippen LogP contribution in [0.4, 0.5) is 0 Å². The van der Waals surface area contributed by atoms with Gasteiger partial charge in [-0.15, -0.1) is 0 Å². The Morgan fingerprint density at radius 1 is 0.962 bits per heavy atom. The quantitative estimate of drug-likeness (QED) is 0.658. The third-order valence-electron chi connectivity index (χ3n) is 4.00. The molecule has 3 aromatic rings. The summed E-state index contributed by atoms with van der Waals surface area (Å²) in [5.74, 6) is -1.52. The summed E-state index contributed by atoms with van der Waals surface area (Å²) in [5, 5.41) is 0.670. The molecule has 6 heteroatoms. The minimum atomic E-state index is -0.903. The summed E-state index contributed by atoms with van der Waals surface area (Å²) in [5.41, 5.74) is 8.18. The number of rotatable bonds is 5. The minimum Gasteiger partial charge on any atom is -0.369 e. The first-order chi connectivity index (χ1) is 12.5. The average Bonchev–Trinajstić information content (AvgIpc) is 2.64. The summed E-state index contributed by atoms with van der Waals surface area (Å²) in [6, 6.07) is 17.2. The average molecular weight is 385 g/mol. The van der Waals surface area contributed by atoms with Gasteiger partial charge in [-0.05, 0) is 24.3 Å². The Morgan fingerprint density at radius 3 is 2.27 bits per heavy atom. The van der Waals surface area contributed by atoms with Crippen molar-refractivity contribution in [1.82, 2.24) is 4.98 Å². The zero-order valence-corrected chi connectivity index (χ0v) is 15.0. The highest BCUT2D eigenvalue weighted by Crippen LogP contribution is 2.35. The summed E-state index contributed by atoms with van der Waals surface area (Å²) in [6.45, 7) is 0. The fourth-order valence-electron chi connectivity index (χ4n) is 2.82. The molecule has 1 aromatic heterocycles. The second-order valence-corrected chi connectivity index (χ2v) is 6.44. The Kier molecular flexibility index (Phi) is 5.35. The predicted octanol–water partition coefficient (Wildman–Crippen LogP) is 4.49. The van der Waals surface area contributed by atoms with Crippen LogP contribution in [0.5, 0.6) is 0 Å². The van der Waals surface area contributed by atoms with E-state index in [9.17, 15) is 9.59 Å². The molecule has 0 aliphatic rings. The number of carbonyl (C=O) groups is 2. The Labute approximate surface area is 160 Å². The fourth-order valence-corrected chi connectivity index (χ4v) is 3.43. The third-order valence-corrected chi connectivity index (χ3v) is 4.66. The first kappa shape index (κ1) is 18.1. The van der Waals surface area contributed by atoms with E-state index in [1.165, 1.54) is 0 Å². The number of amides is 1. The van der Waals surface area contributed by atoms with E-state index < -0.39 is 11.8 Å². The van der Waals surface area contributed by atoms with Gasteiger partial charge >= 0.3 is 0 Å². The van der Waals surface area contributed by atoms with Crippen molar-refractivity contribution in [3.8, 4) is 11.3 Å². The van der Waals surface area contributed by atoms with Crippen LogP contribution >= 0.6 is 23.2 Å². The summed E-state index contributed by atoms with van der Waals surface area (Å²) >= 11 is 12.5. The maximum atomic E-state index is 12.2. The smallest absolute Gasteiger partial charge is 0.231 e. The van der Waals surface area contributed by atoms with Gasteiger partial charge in [0.05, 0.1) is 11.4 Å². The van der Waals surface area contributed by atoms with Crippen LogP contribution in [0.25, 0.3) is 11.3 Å². The zero-order valence-electron chi connectivity index (χ0n) is 13.5. The minimum absolute atomic E-state index is 0.335. The standard InChI is InChI=1S/C20H14Cl2N2O2/c21-14-7-3-8-15(22)18(14)19(20(23)26)17-10-4-9-16(24-17)13-6-2-1-5-12(13)11-25/h1-11,19H,(H2,23,26). The van der Waals surface area contributed by atoms with Crippen molar-refractivity contribution in [2.45, 2.75) is 5.92 Å². The van der Waals surface area contributed by atoms with Crippen LogP contribution in [0, 0.1) is 0 Å². The van der Waals surface area contributed by atoms with Crippen molar-refractivity contribution in [3.63, 3.8) is 0 Å². The number of pyridine rings is 1. The van der Waals surface area contributed by atoms with E-state index in [4.69, 9.17) is 28.9 Å². The molecule has 2 N–H and O–H groups in total. The van der Waals surface area contributed by atoms with Crippen LogP contribution in [-0.4, -0.2) is 17.2 Å². The monoisotopic (exact) mass is 384 g/mol. The van der Waals surface area contributed by atoms with Crippen LogP contribution in [0.2, 0.25) is 10.0 Å². The van der Waals surface area contributed by atoms with Gasteiger partial charge in [-0.3, -0.25) is 14.6 Å². The molecule has 4 nitrogen and oxygen atoms in total. The van der Waals surface area contributed by atoms with Gasteiger partial charge in [0.2, 0.25) is 5.91 Å². The van der Waals surface area contributed by atoms with Crippen LogP contribution in [0.1, 0.15) is 27.5 Å². The summed E-state index contributed by atoms with van der Waals surface area (Å²) in [6.07, 6.45) is 0.764. The molecule has 0 spiro atoms. The van der Waals surface area contributed by atoms with Crippen molar-refractivity contribution >= 4 is 35.4 Å². The van der Waals surface area contributed by atoms with Crippen molar-refractivity contribution in [3.05, 3.63) is 87.5 Å². The van der Waals surface area contributed by atoms with Crippen molar-refractivity contribution in [2.24, 2.45) is 5.73 Å². The number of halogens is 2. The van der Waals surface area contributed by atoms with Gasteiger partial charge in [0.1, 0.15) is 5.92 Å². The molecule has 0 saturated carbocycles. The van der Waals surface area contributed by atoms with E-state index >= 15 is 0 Å². The largest absolute Gasteiger partial charge is 0.369 e. The van der Waals surface area contributed by atoms with Crippen LogP contribution in [0.3, 0.4) is 0 Å². The van der Waals surface area contributed by atoms with Crippen molar-refractivity contribution in [2.75, 3.05) is 0 Å². The summed E-state index contributed by atoms with van der Waals surface area (Å²) < 4.78 is 0. The second-order valence-electron chi connectivity index (χ2n) is 5.62. The second kappa shape index (κ2) is 7.68. The summed E-state index contributed by atoms with van der Waals surface area (Å²) in [7, 11) is 0. The molecule has 0 saturated heterocycles. The van der Waals surface area contributed by atoms with E-state index in [1.54, 1.807) is 54.6 Å². The molecular weight excluding hydrogens is 371 g/mol. The first-order valence-corrected chi connectivity index (χ1v) is 8.53. The lowest BCUT2D eigenvalue weighted by atomic mass is 9.93. The normalized spacial score (nSPS) is 11.8. The first-order valence-electron chi connectivity index (χ1n) is 7.77. The van der Waals surface area contributed by atoms with E-state index in [1.807, 2.05) is 6.07 Å². The highest BCUT2D eigenvalue weighted by Gasteiger charge is 2.27. The maximum Gasteiger partial charge on any atom is 0.231 e. The molecule has 1 heterocycles. The van der Waals surface area contributed by atoms with Crippen LogP contribution in [0.15, 0.2) is 60.7 Å². The lowest BCUT2D eigenvalue weighted by Gasteiger charge is -2.17. The van der Waals surface area contributed by atoms with E-state index in [-0.39, 0.29) is 0 Å². The number of carbonyl (C=O) groups excluding carboxylic acids is 2. The van der Waals surface area contributed by atoms with Gasteiger partial charge in [0.25, 0.3) is 0 Å². The van der Waals surface area contributed by atoms with Crippen molar-refractivity contribution in [1.29, 1.82) is 0 Å². The fraction of sp³-hybridized carbons (Fsp3) is 0.0500. The molecule has 1 unspecified atom stereocenters. The number of nitrogens with zero attached hydrogens (tertiary/aromatic N) is 1. The van der Waals surface area contributed by atoms with E-state index in [0.717, 1.165) is 6.29 Å². The number of benzene rings is 2. The van der Waals surface area contributed by atoms with Gasteiger partial charge in [-0.25, -0.2) is 0 Å². The molecule has 1 amide bonds. The molecule has 130 valence electrons. The van der Waals surface area contributed by atoms with Gasteiger partial charge in [0, 0.05) is 26.7 Å². The predicted molar refractivity (Wildman–Crippen MR) is 103 cm³/mol. The molecule has 26 heavy (non-hydrogen) atoms. The SMILES string of the molecule is NC(=O)C(c1cccc(-c2ccccc2C=O)n1)c1c(Cl)cccc1Cl. The molecular formula is C20H14Cl2N2O2. The highest BCUT2D eigenvalue weighted by atomic mass is 35.5. The Balaban J connectivity index is 2.16. The molecule has 0 bridgehead atoms. The topological polar surface area (TPSA) is 73.1 Å². The van der Waals surface area contributed by atoms with E-state index in [2.05, 4.69) is 4.98 Å².